The molecular formula is C19H22N6O. The van der Waals surface area contributed by atoms with Crippen molar-refractivity contribution in [2.45, 2.75) is 38.3 Å². The van der Waals surface area contributed by atoms with E-state index in [1.165, 1.54) is 6.42 Å². The van der Waals surface area contributed by atoms with E-state index < -0.39 is 0 Å². The van der Waals surface area contributed by atoms with Crippen LogP contribution < -0.4 is 0 Å². The van der Waals surface area contributed by atoms with Gasteiger partial charge in [-0.05, 0) is 49.9 Å². The molecule has 1 amide bonds. The number of aromatic nitrogens is 5. The maximum atomic E-state index is 13.0. The molecule has 0 bridgehead atoms. The van der Waals surface area contributed by atoms with E-state index in [-0.39, 0.29) is 11.9 Å². The number of H-pyrrole nitrogens is 1. The van der Waals surface area contributed by atoms with Crippen molar-refractivity contribution in [1.29, 1.82) is 0 Å². The van der Waals surface area contributed by atoms with E-state index >= 15 is 0 Å². The Balaban J connectivity index is 1.46. The highest BCUT2D eigenvalue weighted by Crippen LogP contribution is 2.23. The molecule has 3 aromatic heterocycles. The molecule has 3 aromatic rings. The van der Waals surface area contributed by atoms with Crippen molar-refractivity contribution in [2.75, 3.05) is 6.54 Å². The van der Waals surface area contributed by atoms with Crippen molar-refractivity contribution in [3.63, 3.8) is 0 Å². The number of piperidine rings is 1. The zero-order chi connectivity index (χ0) is 17.8. The van der Waals surface area contributed by atoms with Gasteiger partial charge in [0.05, 0.1) is 17.0 Å². The van der Waals surface area contributed by atoms with Crippen molar-refractivity contribution >= 4 is 5.91 Å². The summed E-state index contributed by atoms with van der Waals surface area (Å²) >= 11 is 0. The third kappa shape index (κ3) is 3.51. The molecule has 1 aliphatic heterocycles. The molecule has 0 saturated carbocycles. The van der Waals surface area contributed by atoms with Crippen LogP contribution in [0.1, 0.15) is 36.0 Å². The van der Waals surface area contributed by atoms with Crippen LogP contribution in [0.2, 0.25) is 0 Å². The number of nitrogens with zero attached hydrogens (tertiary/aromatic N) is 5. The lowest BCUT2D eigenvalue weighted by atomic mass is 9.98. The number of aryl methyl sites for hydroxylation is 1. The molecule has 1 aliphatic rings. The van der Waals surface area contributed by atoms with E-state index in [1.54, 1.807) is 18.6 Å². The van der Waals surface area contributed by atoms with Gasteiger partial charge in [0.15, 0.2) is 0 Å². The highest BCUT2D eigenvalue weighted by atomic mass is 16.2. The largest absolute Gasteiger partial charge is 0.336 e. The molecule has 0 radical (unpaired) electrons. The smallest absolute Gasteiger partial charge is 0.255 e. The maximum absolute atomic E-state index is 13.0. The summed E-state index contributed by atoms with van der Waals surface area (Å²) in [6, 6.07) is 7.76. The molecule has 1 atom stereocenters. The lowest BCUT2D eigenvalue weighted by Gasteiger charge is -2.36. The number of carbonyl (C=O) groups is 1. The number of pyridine rings is 1. The molecule has 4 rings (SSSR count). The molecule has 1 N–H and O–H groups in total. The number of carbonyl (C=O) groups excluding carboxylic acids is 1. The summed E-state index contributed by atoms with van der Waals surface area (Å²) in [5, 5.41) is 11.1. The fourth-order valence-electron chi connectivity index (χ4n) is 3.53. The van der Waals surface area contributed by atoms with Gasteiger partial charge in [-0.25, -0.2) is 0 Å². The highest BCUT2D eigenvalue weighted by molar-refractivity contribution is 5.94. The summed E-state index contributed by atoms with van der Waals surface area (Å²) < 4.78 is 1.93. The zero-order valence-electron chi connectivity index (χ0n) is 14.6. The number of aromatic amines is 1. The van der Waals surface area contributed by atoms with E-state index in [2.05, 4.69) is 20.3 Å². The van der Waals surface area contributed by atoms with Crippen LogP contribution in [0.25, 0.3) is 11.4 Å². The summed E-state index contributed by atoms with van der Waals surface area (Å²) in [5.41, 5.74) is 2.27. The van der Waals surface area contributed by atoms with Crippen LogP contribution in [0.4, 0.5) is 0 Å². The Morgan fingerprint density at radius 3 is 2.92 bits per heavy atom. The minimum absolute atomic E-state index is 0.0684. The second-order valence-corrected chi connectivity index (χ2v) is 6.61. The Bertz CT molecular complexity index is 826. The van der Waals surface area contributed by atoms with Gasteiger partial charge in [0.2, 0.25) is 0 Å². The van der Waals surface area contributed by atoms with Crippen LogP contribution in [-0.2, 0) is 6.54 Å². The number of hydrogen-bond donors (Lipinski definition) is 1. The van der Waals surface area contributed by atoms with Crippen LogP contribution >= 0.6 is 0 Å². The van der Waals surface area contributed by atoms with Crippen LogP contribution in [0.15, 0.2) is 49.1 Å². The van der Waals surface area contributed by atoms with Gasteiger partial charge in [-0.15, -0.1) is 0 Å². The number of nitrogens with one attached hydrogen (secondary N) is 1. The molecule has 134 valence electrons. The lowest BCUT2D eigenvalue weighted by Crippen LogP contribution is -2.44. The van der Waals surface area contributed by atoms with Crippen LogP contribution in [0, 0.1) is 0 Å². The average molecular weight is 350 g/mol. The van der Waals surface area contributed by atoms with E-state index in [0.29, 0.717) is 5.56 Å². The summed E-state index contributed by atoms with van der Waals surface area (Å²) in [4.78, 5) is 19.4. The summed E-state index contributed by atoms with van der Waals surface area (Å²) in [5.74, 6) is 0.0684. The fraction of sp³-hybridized carbons (Fsp3) is 0.368. The number of hydrogen-bond acceptors (Lipinski definition) is 4. The summed E-state index contributed by atoms with van der Waals surface area (Å²) in [7, 11) is 0. The van der Waals surface area contributed by atoms with Gasteiger partial charge < -0.3 is 4.90 Å². The van der Waals surface area contributed by atoms with Gasteiger partial charge in [0.1, 0.15) is 0 Å². The third-order valence-electron chi connectivity index (χ3n) is 4.93. The average Bonchev–Trinajstić information content (AvgIpc) is 3.40. The van der Waals surface area contributed by atoms with E-state index in [0.717, 1.165) is 43.7 Å². The van der Waals surface area contributed by atoms with Gasteiger partial charge in [-0.1, -0.05) is 0 Å². The first-order valence-electron chi connectivity index (χ1n) is 9.05. The van der Waals surface area contributed by atoms with Crippen molar-refractivity contribution in [2.24, 2.45) is 0 Å². The van der Waals surface area contributed by atoms with Gasteiger partial charge in [0.25, 0.3) is 5.91 Å². The predicted octanol–water partition coefficient (Wildman–Crippen LogP) is 2.75. The normalized spacial score (nSPS) is 17.4. The fourth-order valence-corrected chi connectivity index (χ4v) is 3.53. The van der Waals surface area contributed by atoms with Crippen molar-refractivity contribution in [1.82, 2.24) is 29.9 Å². The highest BCUT2D eigenvalue weighted by Gasteiger charge is 2.27. The van der Waals surface area contributed by atoms with Crippen LogP contribution in [0.5, 0.6) is 0 Å². The molecule has 26 heavy (non-hydrogen) atoms. The minimum atomic E-state index is 0.0684. The molecule has 0 aromatic carbocycles. The Hall–Kier alpha value is -2.96. The molecule has 7 nitrogen and oxygen atoms in total. The maximum Gasteiger partial charge on any atom is 0.255 e. The number of likely N-dealkylation sites (tertiary alicyclic amines) is 1. The van der Waals surface area contributed by atoms with E-state index in [4.69, 9.17) is 0 Å². The second kappa shape index (κ2) is 7.51. The quantitative estimate of drug-likeness (QED) is 0.767. The zero-order valence-corrected chi connectivity index (χ0v) is 14.6. The van der Waals surface area contributed by atoms with Crippen molar-refractivity contribution in [3.05, 3.63) is 54.6 Å². The standard InChI is InChI=1S/C19H22N6O/c26-19(15-5-6-17(20-14-15)18-7-10-21-23-18)25-12-2-1-4-16(25)8-13-24-11-3-9-22-24/h3,5-7,9-11,14,16H,1-2,4,8,12-13H2,(H,21,23). The summed E-state index contributed by atoms with van der Waals surface area (Å²) in [6.45, 7) is 1.64. The minimum Gasteiger partial charge on any atom is -0.336 e. The second-order valence-electron chi connectivity index (χ2n) is 6.61. The predicted molar refractivity (Wildman–Crippen MR) is 97.3 cm³/mol. The topological polar surface area (TPSA) is 79.7 Å². The number of amides is 1. The third-order valence-corrected chi connectivity index (χ3v) is 4.93. The monoisotopic (exact) mass is 350 g/mol. The molecule has 1 unspecified atom stereocenters. The van der Waals surface area contributed by atoms with Gasteiger partial charge in [-0.2, -0.15) is 10.2 Å². The van der Waals surface area contributed by atoms with Gasteiger partial charge >= 0.3 is 0 Å². The van der Waals surface area contributed by atoms with Crippen LogP contribution in [0.3, 0.4) is 0 Å². The molecule has 0 spiro atoms. The molecule has 0 aliphatic carbocycles. The Kier molecular flexibility index (Phi) is 4.77. The SMILES string of the molecule is O=C(c1ccc(-c2ccn[nH]2)nc1)N1CCCCC1CCn1cccn1. The lowest BCUT2D eigenvalue weighted by molar-refractivity contribution is 0.0593. The first-order chi connectivity index (χ1) is 12.8. The van der Waals surface area contributed by atoms with Crippen molar-refractivity contribution in [3.8, 4) is 11.4 Å². The first-order valence-corrected chi connectivity index (χ1v) is 9.05. The first kappa shape index (κ1) is 16.5. The molecular weight excluding hydrogens is 328 g/mol. The van der Waals surface area contributed by atoms with Gasteiger partial charge in [0, 0.05) is 43.9 Å². The van der Waals surface area contributed by atoms with E-state index in [9.17, 15) is 4.79 Å². The van der Waals surface area contributed by atoms with Crippen molar-refractivity contribution < 1.29 is 4.79 Å². The molecule has 7 heteroatoms. The van der Waals surface area contributed by atoms with Crippen LogP contribution in [-0.4, -0.2) is 48.4 Å². The van der Waals surface area contributed by atoms with Gasteiger partial charge in [-0.3, -0.25) is 19.6 Å². The Morgan fingerprint density at radius 2 is 2.19 bits per heavy atom. The number of rotatable bonds is 5. The summed E-state index contributed by atoms with van der Waals surface area (Å²) in [6.07, 6.45) is 11.3. The molecule has 1 fully saturated rings. The molecule has 4 heterocycles. The molecule has 1 saturated heterocycles. The Labute approximate surface area is 152 Å². The Morgan fingerprint density at radius 1 is 1.23 bits per heavy atom. The van der Waals surface area contributed by atoms with E-state index in [1.807, 2.05) is 40.0 Å².